The van der Waals surface area contributed by atoms with Crippen LogP contribution in [0.1, 0.15) is 49.4 Å². The molecule has 0 atom stereocenters. The summed E-state index contributed by atoms with van der Waals surface area (Å²) in [5.41, 5.74) is 0.734. The largest absolute Gasteiger partial charge is 0.342 e. The van der Waals surface area contributed by atoms with Gasteiger partial charge in [0.15, 0.2) is 0 Å². The van der Waals surface area contributed by atoms with E-state index in [9.17, 15) is 9.59 Å². The van der Waals surface area contributed by atoms with E-state index in [1.165, 1.54) is 0 Å². The highest BCUT2D eigenvalue weighted by molar-refractivity contribution is 9.10. The summed E-state index contributed by atoms with van der Waals surface area (Å²) in [4.78, 5) is 29.2. The minimum Gasteiger partial charge on any atom is -0.342 e. The van der Waals surface area contributed by atoms with Gasteiger partial charge in [-0.05, 0) is 37.5 Å². The molecule has 0 radical (unpaired) electrons. The standard InChI is InChI=1S/C19H25BrN2O2S/c1-2-3-7-17(23)21-10-8-19(9-11-21)22(12-13-25-19)18(24)15-5-4-6-16(20)14-15/h4-6,14H,2-3,7-13H2,1H3. The van der Waals surface area contributed by atoms with Crippen LogP contribution < -0.4 is 0 Å². The van der Waals surface area contributed by atoms with Gasteiger partial charge in [0, 0.05) is 41.8 Å². The number of nitrogens with zero attached hydrogens (tertiary/aromatic N) is 2. The van der Waals surface area contributed by atoms with E-state index < -0.39 is 0 Å². The van der Waals surface area contributed by atoms with Crippen LogP contribution in [0.25, 0.3) is 0 Å². The number of thioether (sulfide) groups is 1. The lowest BCUT2D eigenvalue weighted by molar-refractivity contribution is -0.132. The molecule has 0 N–H and O–H groups in total. The molecule has 0 aromatic heterocycles. The molecule has 6 heteroatoms. The predicted octanol–water partition coefficient (Wildman–Crippen LogP) is 4.15. The second-order valence-electron chi connectivity index (χ2n) is 6.75. The fourth-order valence-electron chi connectivity index (χ4n) is 3.68. The average Bonchev–Trinajstić information content (AvgIpc) is 3.02. The Balaban J connectivity index is 1.68. The van der Waals surface area contributed by atoms with Crippen molar-refractivity contribution in [1.29, 1.82) is 0 Å². The number of halogens is 1. The van der Waals surface area contributed by atoms with Crippen LogP contribution in [0.2, 0.25) is 0 Å². The summed E-state index contributed by atoms with van der Waals surface area (Å²) in [6.07, 6.45) is 4.40. The van der Waals surface area contributed by atoms with Gasteiger partial charge in [0.05, 0.1) is 4.87 Å². The molecule has 2 aliphatic heterocycles. The molecule has 3 rings (SSSR count). The number of amides is 2. The average molecular weight is 425 g/mol. The molecule has 0 unspecified atom stereocenters. The second-order valence-corrected chi connectivity index (χ2v) is 9.12. The molecule has 2 fully saturated rings. The van der Waals surface area contributed by atoms with Crippen molar-refractivity contribution in [1.82, 2.24) is 9.80 Å². The van der Waals surface area contributed by atoms with Gasteiger partial charge in [0.2, 0.25) is 5.91 Å². The van der Waals surface area contributed by atoms with Crippen molar-refractivity contribution >= 4 is 39.5 Å². The number of likely N-dealkylation sites (tertiary alicyclic amines) is 1. The summed E-state index contributed by atoms with van der Waals surface area (Å²) in [6, 6.07) is 7.61. The van der Waals surface area contributed by atoms with E-state index in [0.29, 0.717) is 6.42 Å². The van der Waals surface area contributed by atoms with Gasteiger partial charge in [-0.25, -0.2) is 0 Å². The molecule has 25 heavy (non-hydrogen) atoms. The van der Waals surface area contributed by atoms with Gasteiger partial charge in [0.25, 0.3) is 5.91 Å². The summed E-state index contributed by atoms with van der Waals surface area (Å²) in [5.74, 6) is 1.35. The van der Waals surface area contributed by atoms with Crippen LogP contribution in [0.15, 0.2) is 28.7 Å². The molecule has 2 amide bonds. The van der Waals surface area contributed by atoms with Crippen molar-refractivity contribution in [2.75, 3.05) is 25.4 Å². The van der Waals surface area contributed by atoms with Crippen molar-refractivity contribution in [3.63, 3.8) is 0 Å². The van der Waals surface area contributed by atoms with Crippen molar-refractivity contribution < 1.29 is 9.59 Å². The van der Waals surface area contributed by atoms with Crippen LogP contribution >= 0.6 is 27.7 Å². The van der Waals surface area contributed by atoms with Crippen LogP contribution in [0, 0.1) is 0 Å². The molecule has 2 heterocycles. The summed E-state index contributed by atoms with van der Waals surface area (Å²) in [5, 5.41) is 0. The molecule has 2 saturated heterocycles. The van der Waals surface area contributed by atoms with E-state index in [1.807, 2.05) is 45.8 Å². The molecule has 0 aliphatic carbocycles. The number of unbranched alkanes of at least 4 members (excludes halogenated alkanes) is 1. The molecule has 2 aliphatic rings. The van der Waals surface area contributed by atoms with E-state index in [2.05, 4.69) is 22.9 Å². The third-order valence-corrected chi connectivity index (χ3v) is 7.18. The summed E-state index contributed by atoms with van der Waals surface area (Å²) >= 11 is 5.34. The van der Waals surface area contributed by atoms with Crippen molar-refractivity contribution in [3.05, 3.63) is 34.3 Å². The molecular formula is C19H25BrN2O2S. The van der Waals surface area contributed by atoms with Crippen LogP contribution in [-0.4, -0.2) is 51.9 Å². The summed E-state index contributed by atoms with van der Waals surface area (Å²) in [6.45, 7) is 4.43. The summed E-state index contributed by atoms with van der Waals surface area (Å²) in [7, 11) is 0. The van der Waals surface area contributed by atoms with Crippen molar-refractivity contribution in [3.8, 4) is 0 Å². The van der Waals surface area contributed by atoms with Gasteiger partial charge in [-0.2, -0.15) is 0 Å². The van der Waals surface area contributed by atoms with Crippen LogP contribution in [0.4, 0.5) is 0 Å². The normalized spacial score (nSPS) is 19.4. The number of hydrogen-bond acceptors (Lipinski definition) is 3. The Morgan fingerprint density at radius 2 is 2.00 bits per heavy atom. The maximum absolute atomic E-state index is 13.0. The van der Waals surface area contributed by atoms with Gasteiger partial charge < -0.3 is 9.80 Å². The fraction of sp³-hybridized carbons (Fsp3) is 0.579. The third-order valence-electron chi connectivity index (χ3n) is 5.14. The number of carbonyl (C=O) groups excluding carboxylic acids is 2. The predicted molar refractivity (Wildman–Crippen MR) is 106 cm³/mol. The summed E-state index contributed by atoms with van der Waals surface area (Å²) < 4.78 is 0.926. The molecule has 0 saturated carbocycles. The Hall–Kier alpha value is -1.01. The van der Waals surface area contributed by atoms with E-state index in [4.69, 9.17) is 0 Å². The lowest BCUT2D eigenvalue weighted by atomic mass is 10.0. The smallest absolute Gasteiger partial charge is 0.255 e. The number of benzene rings is 1. The number of carbonyl (C=O) groups is 2. The molecular weight excluding hydrogens is 400 g/mol. The fourth-order valence-corrected chi connectivity index (χ4v) is 5.53. The zero-order valence-corrected chi connectivity index (χ0v) is 17.1. The highest BCUT2D eigenvalue weighted by Gasteiger charge is 2.46. The second kappa shape index (κ2) is 8.12. The SMILES string of the molecule is CCCCC(=O)N1CCC2(CC1)SCCN2C(=O)c1cccc(Br)c1. The molecule has 0 bridgehead atoms. The maximum atomic E-state index is 13.0. The minimum absolute atomic E-state index is 0.108. The van der Waals surface area contributed by atoms with E-state index >= 15 is 0 Å². The molecule has 1 aromatic carbocycles. The molecule has 1 spiro atoms. The monoisotopic (exact) mass is 424 g/mol. The first-order valence-corrected chi connectivity index (χ1v) is 10.8. The van der Waals surface area contributed by atoms with E-state index in [1.54, 1.807) is 0 Å². The Morgan fingerprint density at radius 3 is 2.68 bits per heavy atom. The Bertz CT molecular complexity index is 644. The lowest BCUT2D eigenvalue weighted by Crippen LogP contribution is -2.53. The highest BCUT2D eigenvalue weighted by atomic mass is 79.9. The van der Waals surface area contributed by atoms with Gasteiger partial charge in [0.1, 0.15) is 0 Å². The van der Waals surface area contributed by atoms with Crippen molar-refractivity contribution in [2.24, 2.45) is 0 Å². The third kappa shape index (κ3) is 4.05. The number of hydrogen-bond donors (Lipinski definition) is 0. The molecule has 1 aromatic rings. The zero-order valence-electron chi connectivity index (χ0n) is 14.7. The lowest BCUT2D eigenvalue weighted by Gasteiger charge is -2.44. The van der Waals surface area contributed by atoms with Gasteiger partial charge in [-0.3, -0.25) is 9.59 Å². The maximum Gasteiger partial charge on any atom is 0.255 e. The van der Waals surface area contributed by atoms with E-state index in [-0.39, 0.29) is 16.7 Å². The quantitative estimate of drug-likeness (QED) is 0.728. The number of piperidine rings is 1. The topological polar surface area (TPSA) is 40.6 Å². The Morgan fingerprint density at radius 1 is 1.24 bits per heavy atom. The Labute approximate surface area is 162 Å². The van der Waals surface area contributed by atoms with Crippen molar-refractivity contribution in [2.45, 2.75) is 43.9 Å². The minimum atomic E-state index is -0.138. The van der Waals surface area contributed by atoms with Crippen LogP contribution in [0.3, 0.4) is 0 Å². The molecule has 136 valence electrons. The van der Waals surface area contributed by atoms with Gasteiger partial charge in [-0.1, -0.05) is 35.3 Å². The van der Waals surface area contributed by atoms with E-state index in [0.717, 1.165) is 61.1 Å². The first-order valence-electron chi connectivity index (χ1n) is 9.05. The van der Waals surface area contributed by atoms with Gasteiger partial charge >= 0.3 is 0 Å². The number of rotatable bonds is 4. The highest BCUT2D eigenvalue weighted by Crippen LogP contribution is 2.44. The molecule has 4 nitrogen and oxygen atoms in total. The van der Waals surface area contributed by atoms with Crippen LogP contribution in [-0.2, 0) is 4.79 Å². The van der Waals surface area contributed by atoms with Crippen LogP contribution in [0.5, 0.6) is 0 Å². The Kier molecular flexibility index (Phi) is 6.10. The first kappa shape index (κ1) is 18.8. The zero-order chi connectivity index (χ0) is 17.9. The van der Waals surface area contributed by atoms with Gasteiger partial charge in [-0.15, -0.1) is 11.8 Å². The first-order chi connectivity index (χ1) is 12.1.